The summed E-state index contributed by atoms with van der Waals surface area (Å²) in [4.78, 5) is 17.3. The second-order valence-electron chi connectivity index (χ2n) is 1.62. The van der Waals surface area contributed by atoms with E-state index < -0.39 is 8.38 Å². The summed E-state index contributed by atoms with van der Waals surface area (Å²) in [6.45, 7) is 0. The first kappa shape index (κ1) is 9.53. The lowest BCUT2D eigenvalue weighted by Crippen LogP contribution is -1.96. The van der Waals surface area contributed by atoms with Crippen molar-refractivity contribution in [3.63, 3.8) is 0 Å². The van der Waals surface area contributed by atoms with Crippen molar-refractivity contribution in [3.8, 4) is 0 Å². The standard InChI is InChI=1S/C6H7O2P.H2O/c7-9(8)6-4-2-1-3-5-6;/h1-5,7-8H;1H2. The van der Waals surface area contributed by atoms with Gasteiger partial charge in [0.2, 0.25) is 0 Å². The second-order valence-corrected chi connectivity index (χ2v) is 2.72. The van der Waals surface area contributed by atoms with Gasteiger partial charge < -0.3 is 15.3 Å². The average molecular weight is 160 g/mol. The molecule has 0 radical (unpaired) electrons. The molecule has 1 rings (SSSR count). The molecule has 0 amide bonds. The first-order chi connectivity index (χ1) is 4.30. The van der Waals surface area contributed by atoms with Crippen LogP contribution in [-0.2, 0) is 0 Å². The minimum atomic E-state index is -1.90. The number of rotatable bonds is 1. The Kier molecular flexibility index (Phi) is 4.16. The molecule has 0 aliphatic carbocycles. The molecule has 0 atom stereocenters. The number of benzene rings is 1. The average Bonchev–Trinajstić information content (AvgIpc) is 1.90. The first-order valence-corrected chi connectivity index (χ1v) is 3.78. The smallest absolute Gasteiger partial charge is 0.199 e. The Hall–Kier alpha value is -0.470. The SMILES string of the molecule is O.OP(O)c1ccccc1. The van der Waals surface area contributed by atoms with E-state index in [-0.39, 0.29) is 5.48 Å². The van der Waals surface area contributed by atoms with Gasteiger partial charge in [0, 0.05) is 5.30 Å². The van der Waals surface area contributed by atoms with Crippen molar-refractivity contribution in [2.45, 2.75) is 0 Å². The highest BCUT2D eigenvalue weighted by Crippen LogP contribution is 2.20. The third kappa shape index (κ3) is 2.42. The van der Waals surface area contributed by atoms with Gasteiger partial charge in [-0.25, -0.2) is 0 Å². The van der Waals surface area contributed by atoms with Crippen molar-refractivity contribution in [2.75, 3.05) is 0 Å². The van der Waals surface area contributed by atoms with Gasteiger partial charge in [0.05, 0.1) is 0 Å². The molecule has 0 aromatic heterocycles. The zero-order valence-electron chi connectivity index (χ0n) is 5.23. The van der Waals surface area contributed by atoms with Crippen LogP contribution in [0.1, 0.15) is 0 Å². The van der Waals surface area contributed by atoms with Gasteiger partial charge in [0.1, 0.15) is 0 Å². The zero-order valence-corrected chi connectivity index (χ0v) is 6.12. The van der Waals surface area contributed by atoms with Crippen molar-refractivity contribution in [1.29, 1.82) is 0 Å². The lowest BCUT2D eigenvalue weighted by atomic mass is 10.4. The van der Waals surface area contributed by atoms with Crippen molar-refractivity contribution >= 4 is 13.7 Å². The number of hydrogen-bond donors (Lipinski definition) is 2. The predicted octanol–water partition coefficient (Wildman–Crippen LogP) is -0.216. The van der Waals surface area contributed by atoms with Crippen LogP contribution in [0.4, 0.5) is 0 Å². The van der Waals surface area contributed by atoms with Crippen molar-refractivity contribution < 1.29 is 15.3 Å². The van der Waals surface area contributed by atoms with Crippen LogP contribution in [0.25, 0.3) is 0 Å². The lowest BCUT2D eigenvalue weighted by molar-refractivity contribution is 0.497. The Balaban J connectivity index is 0.000000810. The van der Waals surface area contributed by atoms with E-state index in [1.54, 1.807) is 24.3 Å². The minimum Gasteiger partial charge on any atom is -0.412 e. The van der Waals surface area contributed by atoms with Crippen LogP contribution in [0.2, 0.25) is 0 Å². The summed E-state index contributed by atoms with van der Waals surface area (Å²) in [6.07, 6.45) is 0. The predicted molar refractivity (Wildman–Crippen MR) is 41.0 cm³/mol. The summed E-state index contributed by atoms with van der Waals surface area (Å²) in [7, 11) is -1.90. The van der Waals surface area contributed by atoms with Crippen LogP contribution in [0, 0.1) is 0 Å². The van der Waals surface area contributed by atoms with Crippen LogP contribution in [0.15, 0.2) is 30.3 Å². The van der Waals surface area contributed by atoms with Gasteiger partial charge in [-0.3, -0.25) is 0 Å². The summed E-state index contributed by atoms with van der Waals surface area (Å²) in [6, 6.07) is 8.76. The summed E-state index contributed by atoms with van der Waals surface area (Å²) in [5, 5.41) is 0.590. The van der Waals surface area contributed by atoms with E-state index in [1.807, 2.05) is 6.07 Å². The van der Waals surface area contributed by atoms with Gasteiger partial charge in [-0.15, -0.1) is 0 Å². The molecule has 1 aromatic rings. The molecule has 4 N–H and O–H groups in total. The molecular weight excluding hydrogens is 151 g/mol. The quantitative estimate of drug-likeness (QED) is 0.557. The van der Waals surface area contributed by atoms with Crippen LogP contribution < -0.4 is 5.30 Å². The van der Waals surface area contributed by atoms with E-state index in [2.05, 4.69) is 0 Å². The molecule has 0 saturated carbocycles. The normalized spacial score (nSPS) is 9.10. The molecule has 10 heavy (non-hydrogen) atoms. The molecule has 0 aliphatic rings. The fraction of sp³-hybridized carbons (Fsp3) is 0. The molecule has 0 saturated heterocycles. The van der Waals surface area contributed by atoms with Crippen molar-refractivity contribution in [1.82, 2.24) is 0 Å². The van der Waals surface area contributed by atoms with Crippen LogP contribution in [0.3, 0.4) is 0 Å². The highest BCUT2D eigenvalue weighted by atomic mass is 31.2. The summed E-state index contributed by atoms with van der Waals surface area (Å²) < 4.78 is 0. The summed E-state index contributed by atoms with van der Waals surface area (Å²) >= 11 is 0. The van der Waals surface area contributed by atoms with Crippen LogP contribution in [0.5, 0.6) is 0 Å². The van der Waals surface area contributed by atoms with Crippen LogP contribution >= 0.6 is 8.38 Å². The van der Waals surface area contributed by atoms with Gasteiger partial charge in [0.25, 0.3) is 0 Å². The fourth-order valence-corrected chi connectivity index (χ4v) is 1.00. The Bertz CT molecular complexity index is 176. The maximum absolute atomic E-state index is 8.64. The molecule has 1 aromatic carbocycles. The third-order valence-electron chi connectivity index (χ3n) is 0.987. The third-order valence-corrected chi connectivity index (χ3v) is 1.75. The maximum atomic E-state index is 8.64. The second kappa shape index (κ2) is 4.36. The van der Waals surface area contributed by atoms with Gasteiger partial charge in [-0.1, -0.05) is 18.2 Å². The van der Waals surface area contributed by atoms with E-state index in [0.29, 0.717) is 5.30 Å². The maximum Gasteiger partial charge on any atom is 0.199 e. The highest BCUT2D eigenvalue weighted by molar-refractivity contribution is 7.53. The highest BCUT2D eigenvalue weighted by Gasteiger charge is 1.98. The fourth-order valence-electron chi connectivity index (χ4n) is 0.561. The molecule has 0 spiro atoms. The van der Waals surface area contributed by atoms with Crippen molar-refractivity contribution in [2.24, 2.45) is 0 Å². The first-order valence-electron chi connectivity index (χ1n) is 2.53. The minimum absolute atomic E-state index is 0. The van der Waals surface area contributed by atoms with E-state index in [0.717, 1.165) is 0 Å². The van der Waals surface area contributed by atoms with Gasteiger partial charge in [-0.2, -0.15) is 0 Å². The van der Waals surface area contributed by atoms with Crippen LogP contribution in [-0.4, -0.2) is 15.3 Å². The Morgan fingerprint density at radius 3 is 1.80 bits per heavy atom. The molecular formula is C6H9O3P. The molecule has 0 unspecified atom stereocenters. The topological polar surface area (TPSA) is 72.0 Å². The Morgan fingerprint density at radius 1 is 1.00 bits per heavy atom. The monoisotopic (exact) mass is 160 g/mol. The summed E-state index contributed by atoms with van der Waals surface area (Å²) in [5.74, 6) is 0. The molecule has 56 valence electrons. The van der Waals surface area contributed by atoms with Gasteiger partial charge in [-0.05, 0) is 12.1 Å². The Labute approximate surface area is 60.2 Å². The molecule has 0 heterocycles. The number of hydrogen-bond acceptors (Lipinski definition) is 2. The molecule has 0 fully saturated rings. The largest absolute Gasteiger partial charge is 0.412 e. The zero-order chi connectivity index (χ0) is 6.69. The van der Waals surface area contributed by atoms with Crippen molar-refractivity contribution in [3.05, 3.63) is 30.3 Å². The lowest BCUT2D eigenvalue weighted by Gasteiger charge is -1.98. The van der Waals surface area contributed by atoms with E-state index in [1.165, 1.54) is 0 Å². The molecule has 3 nitrogen and oxygen atoms in total. The van der Waals surface area contributed by atoms with E-state index in [4.69, 9.17) is 9.79 Å². The van der Waals surface area contributed by atoms with E-state index in [9.17, 15) is 0 Å². The van der Waals surface area contributed by atoms with Gasteiger partial charge in [0.15, 0.2) is 8.38 Å². The molecule has 0 aliphatic heterocycles. The summed E-state index contributed by atoms with van der Waals surface area (Å²) in [5.41, 5.74) is 0. The van der Waals surface area contributed by atoms with E-state index >= 15 is 0 Å². The molecule has 0 bridgehead atoms. The van der Waals surface area contributed by atoms with Gasteiger partial charge >= 0.3 is 0 Å². The Morgan fingerprint density at radius 2 is 1.50 bits per heavy atom. The molecule has 4 heteroatoms.